The van der Waals surface area contributed by atoms with Gasteiger partial charge in [0, 0.05) is 5.56 Å². The van der Waals surface area contributed by atoms with Crippen LogP contribution in [-0.2, 0) is 16.7 Å². The van der Waals surface area contributed by atoms with E-state index >= 15 is 0 Å². The number of ether oxygens (including phenoxy) is 2. The molecule has 0 aliphatic heterocycles. The molecule has 0 amide bonds. The molecule has 3 nitrogen and oxygen atoms in total. The highest BCUT2D eigenvalue weighted by Gasteiger charge is 2.27. The van der Waals surface area contributed by atoms with Crippen molar-refractivity contribution >= 4 is 0 Å². The maximum absolute atomic E-state index is 5.87. The van der Waals surface area contributed by atoms with Crippen molar-refractivity contribution in [3.63, 3.8) is 0 Å². The van der Waals surface area contributed by atoms with Crippen molar-refractivity contribution in [2.24, 2.45) is 5.41 Å². The van der Waals surface area contributed by atoms with E-state index in [1.807, 2.05) is 13.8 Å². The van der Waals surface area contributed by atoms with Crippen LogP contribution in [-0.4, -0.2) is 44.9 Å². The molecule has 0 saturated heterocycles. The second-order valence-corrected chi connectivity index (χ2v) is 10.9. The van der Waals surface area contributed by atoms with Crippen molar-refractivity contribution in [3.05, 3.63) is 65.7 Å². The summed E-state index contributed by atoms with van der Waals surface area (Å²) in [6, 6.07) is 19.2. The molecule has 0 saturated carbocycles. The smallest absolute Gasteiger partial charge is 0.119 e. The third kappa shape index (κ3) is 13.1. The van der Waals surface area contributed by atoms with Crippen LogP contribution in [0.1, 0.15) is 66.0 Å². The molecule has 0 atom stereocenters. The summed E-state index contributed by atoms with van der Waals surface area (Å²) in [6.45, 7) is 19.5. The highest BCUT2D eigenvalue weighted by Crippen LogP contribution is 2.36. The monoisotopic (exact) mass is 477 g/mol. The highest BCUT2D eigenvalue weighted by atomic mass is 35.5. The fourth-order valence-corrected chi connectivity index (χ4v) is 4.22. The summed E-state index contributed by atoms with van der Waals surface area (Å²) in [4.78, 5) is 0. The minimum atomic E-state index is 0. The van der Waals surface area contributed by atoms with Gasteiger partial charge >= 0.3 is 0 Å². The Labute approximate surface area is 210 Å². The van der Waals surface area contributed by atoms with Gasteiger partial charge in [-0.1, -0.05) is 90.9 Å². The van der Waals surface area contributed by atoms with E-state index in [1.54, 1.807) is 0 Å². The molecule has 0 spiro atoms. The summed E-state index contributed by atoms with van der Waals surface area (Å²) in [5.74, 6) is 0.911. The van der Waals surface area contributed by atoms with Crippen LogP contribution in [0.2, 0.25) is 0 Å². The first-order chi connectivity index (χ1) is 15.0. The van der Waals surface area contributed by atoms with E-state index in [2.05, 4.69) is 103 Å². The van der Waals surface area contributed by atoms with E-state index in [4.69, 9.17) is 9.47 Å². The molecule has 0 radical (unpaired) electrons. The van der Waals surface area contributed by atoms with Crippen molar-refractivity contribution in [1.82, 2.24) is 0 Å². The Morgan fingerprint density at radius 1 is 0.758 bits per heavy atom. The number of quaternary nitrogens is 1. The average molecular weight is 478 g/mol. The Bertz CT molecular complexity index is 749. The van der Waals surface area contributed by atoms with Gasteiger partial charge in [0.1, 0.15) is 25.4 Å². The molecule has 2 aromatic carbocycles. The van der Waals surface area contributed by atoms with Gasteiger partial charge in [0.15, 0.2) is 0 Å². The number of rotatable bonds is 11. The molecule has 0 bridgehead atoms. The summed E-state index contributed by atoms with van der Waals surface area (Å²) in [7, 11) is 4.49. The van der Waals surface area contributed by atoms with Crippen molar-refractivity contribution in [2.45, 2.75) is 66.8 Å². The molecule has 0 aliphatic carbocycles. The fraction of sp³-hybridized carbons (Fsp3) is 0.586. The number of hydrogen-bond acceptors (Lipinski definition) is 2. The Kier molecular flexibility index (Phi) is 14.0. The van der Waals surface area contributed by atoms with Gasteiger partial charge in [-0.2, -0.15) is 0 Å². The summed E-state index contributed by atoms with van der Waals surface area (Å²) >= 11 is 0. The molecule has 0 aromatic heterocycles. The van der Waals surface area contributed by atoms with Crippen LogP contribution in [0.3, 0.4) is 0 Å². The molecule has 33 heavy (non-hydrogen) atoms. The summed E-state index contributed by atoms with van der Waals surface area (Å²) < 4.78 is 12.6. The zero-order valence-corrected chi connectivity index (χ0v) is 23.3. The minimum absolute atomic E-state index is 0. The van der Waals surface area contributed by atoms with E-state index in [1.165, 1.54) is 11.1 Å². The number of nitrogens with zero attached hydrogens (tertiary/aromatic N) is 1. The van der Waals surface area contributed by atoms with Crippen LogP contribution < -0.4 is 17.1 Å². The van der Waals surface area contributed by atoms with Gasteiger partial charge in [0.2, 0.25) is 0 Å². The molecule has 4 heteroatoms. The van der Waals surface area contributed by atoms with Gasteiger partial charge in [0.25, 0.3) is 0 Å². The average Bonchev–Trinajstić information content (AvgIpc) is 2.71. The van der Waals surface area contributed by atoms with Crippen LogP contribution in [0.5, 0.6) is 5.75 Å². The zero-order valence-electron chi connectivity index (χ0n) is 22.6. The fourth-order valence-electron chi connectivity index (χ4n) is 4.22. The van der Waals surface area contributed by atoms with Gasteiger partial charge in [-0.05, 0) is 34.9 Å². The first-order valence-electron chi connectivity index (χ1n) is 12.1. The van der Waals surface area contributed by atoms with Crippen molar-refractivity contribution < 1.29 is 26.4 Å². The second-order valence-electron chi connectivity index (χ2n) is 10.9. The molecular formula is C29H48ClNO2. The molecule has 0 aliphatic rings. The van der Waals surface area contributed by atoms with Crippen LogP contribution in [0.15, 0.2) is 54.6 Å². The first-order valence-corrected chi connectivity index (χ1v) is 12.1. The van der Waals surface area contributed by atoms with Crippen molar-refractivity contribution in [3.8, 4) is 5.75 Å². The summed E-state index contributed by atoms with van der Waals surface area (Å²) in [6.07, 6.45) is 1.15. The molecular weight excluding hydrogens is 430 g/mol. The van der Waals surface area contributed by atoms with Gasteiger partial charge in [0.05, 0.1) is 27.3 Å². The van der Waals surface area contributed by atoms with Crippen molar-refractivity contribution in [2.75, 3.05) is 40.5 Å². The normalized spacial score (nSPS) is 11.8. The molecule has 2 rings (SSSR count). The Hall–Kier alpha value is -1.55. The summed E-state index contributed by atoms with van der Waals surface area (Å²) in [5, 5.41) is 0. The van der Waals surface area contributed by atoms with Gasteiger partial charge in [-0.15, -0.1) is 0 Å². The lowest BCUT2D eigenvalue weighted by molar-refractivity contribution is -0.904. The van der Waals surface area contributed by atoms with E-state index < -0.39 is 0 Å². The SMILES string of the molecule is CC.CC(C)(C)CC(C)(C)c1ccc(OCCOCC[N+](C)(C)Cc2ccccc2)cc1.[Cl-]. The standard InChI is InChI=1S/C27H42NO2.C2H6.ClH/c1-26(2,3)22-27(4,5)24-13-15-25(16-14-24)30-20-19-29-18-17-28(6,7)21-23-11-9-8-10-12-23;1-2;/h8-16H,17-22H2,1-7H3;1-2H3;1H/q+1;;/p-1. The maximum atomic E-state index is 5.87. The van der Waals surface area contributed by atoms with E-state index in [0.717, 1.165) is 36.3 Å². The number of likely N-dealkylation sites (N-methyl/N-ethyl adjacent to an activating group) is 1. The predicted molar refractivity (Wildman–Crippen MR) is 138 cm³/mol. The molecule has 0 unspecified atom stereocenters. The van der Waals surface area contributed by atoms with Crippen LogP contribution >= 0.6 is 0 Å². The zero-order chi connectivity index (χ0) is 24.3. The van der Waals surface area contributed by atoms with Gasteiger partial charge in [-0.25, -0.2) is 0 Å². The van der Waals surface area contributed by atoms with Crippen LogP contribution in [0, 0.1) is 5.41 Å². The molecule has 2 aromatic rings. The molecule has 0 heterocycles. The predicted octanol–water partition coefficient (Wildman–Crippen LogP) is 4.10. The lowest BCUT2D eigenvalue weighted by atomic mass is 9.72. The topological polar surface area (TPSA) is 18.5 Å². The lowest BCUT2D eigenvalue weighted by Gasteiger charge is -2.33. The van der Waals surface area contributed by atoms with E-state index in [0.29, 0.717) is 18.6 Å². The number of benzene rings is 2. The van der Waals surface area contributed by atoms with E-state index in [-0.39, 0.29) is 17.8 Å². The van der Waals surface area contributed by atoms with Gasteiger partial charge < -0.3 is 26.4 Å². The van der Waals surface area contributed by atoms with Crippen LogP contribution in [0.4, 0.5) is 0 Å². The quantitative estimate of drug-likeness (QED) is 0.358. The third-order valence-corrected chi connectivity index (χ3v) is 5.40. The molecule has 188 valence electrons. The lowest BCUT2D eigenvalue weighted by Crippen LogP contribution is -3.00. The maximum Gasteiger partial charge on any atom is 0.119 e. The molecule has 0 fully saturated rings. The largest absolute Gasteiger partial charge is 1.00 e. The van der Waals surface area contributed by atoms with E-state index in [9.17, 15) is 0 Å². The molecule has 0 N–H and O–H groups in total. The Balaban J connectivity index is 0.00000332. The third-order valence-electron chi connectivity index (χ3n) is 5.40. The van der Waals surface area contributed by atoms with Crippen LogP contribution in [0.25, 0.3) is 0 Å². The van der Waals surface area contributed by atoms with Gasteiger partial charge in [-0.3, -0.25) is 0 Å². The summed E-state index contributed by atoms with van der Waals surface area (Å²) in [5.41, 5.74) is 3.19. The second kappa shape index (κ2) is 14.7. The minimum Gasteiger partial charge on any atom is -1.00 e. The number of hydrogen-bond donors (Lipinski definition) is 0. The Morgan fingerprint density at radius 3 is 1.88 bits per heavy atom. The number of halogens is 1. The highest BCUT2D eigenvalue weighted by molar-refractivity contribution is 5.31. The first kappa shape index (κ1) is 31.4. The van der Waals surface area contributed by atoms with Crippen molar-refractivity contribution in [1.29, 1.82) is 0 Å². The Morgan fingerprint density at radius 2 is 1.33 bits per heavy atom.